The molecule has 0 aromatic heterocycles. The van der Waals surface area contributed by atoms with Gasteiger partial charge in [0.05, 0.1) is 6.61 Å². The third kappa shape index (κ3) is 3.22. The molecular formula is C12H16ClNO2. The van der Waals surface area contributed by atoms with Crippen LogP contribution in [0.4, 0.5) is 0 Å². The number of hydrogen-bond donors (Lipinski definition) is 0. The molecule has 0 heterocycles. The first-order valence-corrected chi connectivity index (χ1v) is 5.52. The van der Waals surface area contributed by atoms with E-state index in [-0.39, 0.29) is 5.97 Å². The van der Waals surface area contributed by atoms with Crippen LogP contribution in [0.3, 0.4) is 0 Å². The Kier molecular flexibility index (Phi) is 4.77. The maximum atomic E-state index is 11.8. The molecule has 0 aliphatic carbocycles. The Labute approximate surface area is 101 Å². The fraction of sp³-hybridized carbons (Fsp3) is 0.417. The molecule has 0 aliphatic rings. The van der Waals surface area contributed by atoms with Crippen molar-refractivity contribution in [3.05, 3.63) is 34.9 Å². The lowest BCUT2D eigenvalue weighted by Crippen LogP contribution is -2.29. The van der Waals surface area contributed by atoms with Gasteiger partial charge in [0.25, 0.3) is 0 Å². The second-order valence-electron chi connectivity index (χ2n) is 3.67. The van der Waals surface area contributed by atoms with Crippen LogP contribution in [0.5, 0.6) is 0 Å². The molecule has 4 heteroatoms. The summed E-state index contributed by atoms with van der Waals surface area (Å²) in [5, 5.41) is 0.619. The Balaban J connectivity index is 2.98. The van der Waals surface area contributed by atoms with E-state index in [0.29, 0.717) is 11.6 Å². The second kappa shape index (κ2) is 5.87. The molecule has 0 spiro atoms. The highest BCUT2D eigenvalue weighted by atomic mass is 35.5. The monoisotopic (exact) mass is 241 g/mol. The molecule has 3 nitrogen and oxygen atoms in total. The number of benzene rings is 1. The minimum Gasteiger partial charge on any atom is -0.465 e. The van der Waals surface area contributed by atoms with Crippen molar-refractivity contribution in [1.82, 2.24) is 4.90 Å². The van der Waals surface area contributed by atoms with E-state index in [0.717, 1.165) is 5.56 Å². The summed E-state index contributed by atoms with van der Waals surface area (Å²) in [7, 11) is 3.67. The number of halogens is 1. The maximum Gasteiger partial charge on any atom is 0.327 e. The van der Waals surface area contributed by atoms with Gasteiger partial charge in [-0.2, -0.15) is 0 Å². The predicted molar refractivity (Wildman–Crippen MR) is 64.5 cm³/mol. The standard InChI is InChI=1S/C12H16ClNO2/c1-4-16-12(15)11(14(2)3)9-6-5-7-10(13)8-9/h5-8,11H,4H2,1-3H3. The zero-order chi connectivity index (χ0) is 12.1. The molecule has 0 N–H and O–H groups in total. The molecule has 1 rings (SSSR count). The molecule has 0 saturated heterocycles. The highest BCUT2D eigenvalue weighted by Crippen LogP contribution is 2.22. The van der Waals surface area contributed by atoms with Crippen molar-refractivity contribution in [2.75, 3.05) is 20.7 Å². The number of nitrogens with zero attached hydrogens (tertiary/aromatic N) is 1. The quantitative estimate of drug-likeness (QED) is 0.759. The summed E-state index contributed by atoms with van der Waals surface area (Å²) in [5.41, 5.74) is 0.843. The molecule has 1 atom stereocenters. The number of likely N-dealkylation sites (N-methyl/N-ethyl adjacent to an activating group) is 1. The molecule has 1 aromatic rings. The third-order valence-electron chi connectivity index (χ3n) is 2.19. The normalized spacial score (nSPS) is 12.6. The van der Waals surface area contributed by atoms with E-state index in [9.17, 15) is 4.79 Å². The van der Waals surface area contributed by atoms with Gasteiger partial charge in [0.2, 0.25) is 0 Å². The van der Waals surface area contributed by atoms with Crippen molar-refractivity contribution < 1.29 is 9.53 Å². The summed E-state index contributed by atoms with van der Waals surface area (Å²) in [4.78, 5) is 13.6. The van der Waals surface area contributed by atoms with Crippen molar-refractivity contribution in [3.63, 3.8) is 0 Å². The van der Waals surface area contributed by atoms with Crippen LogP contribution in [-0.4, -0.2) is 31.6 Å². The van der Waals surface area contributed by atoms with Crippen molar-refractivity contribution >= 4 is 17.6 Å². The number of carbonyl (C=O) groups is 1. The first-order chi connectivity index (χ1) is 7.56. The number of hydrogen-bond acceptors (Lipinski definition) is 3. The van der Waals surface area contributed by atoms with Gasteiger partial charge < -0.3 is 4.74 Å². The van der Waals surface area contributed by atoms with E-state index in [2.05, 4.69) is 0 Å². The van der Waals surface area contributed by atoms with Crippen LogP contribution in [0.25, 0.3) is 0 Å². The van der Waals surface area contributed by atoms with Gasteiger partial charge in [-0.05, 0) is 38.7 Å². The summed E-state index contributed by atoms with van der Waals surface area (Å²) < 4.78 is 5.04. The molecule has 0 aliphatic heterocycles. The lowest BCUT2D eigenvalue weighted by Gasteiger charge is -2.22. The average Bonchev–Trinajstić information content (AvgIpc) is 2.17. The van der Waals surface area contributed by atoms with E-state index >= 15 is 0 Å². The molecule has 0 radical (unpaired) electrons. The summed E-state index contributed by atoms with van der Waals surface area (Å²) >= 11 is 5.90. The predicted octanol–water partition coefficient (Wildman–Crippen LogP) is 2.51. The van der Waals surface area contributed by atoms with Crippen molar-refractivity contribution in [1.29, 1.82) is 0 Å². The minimum atomic E-state index is -0.404. The van der Waals surface area contributed by atoms with Gasteiger partial charge in [0.1, 0.15) is 6.04 Å². The Morgan fingerprint density at radius 3 is 2.69 bits per heavy atom. The number of rotatable bonds is 4. The Morgan fingerprint density at radius 1 is 1.50 bits per heavy atom. The van der Waals surface area contributed by atoms with Gasteiger partial charge in [-0.15, -0.1) is 0 Å². The molecule has 1 aromatic carbocycles. The third-order valence-corrected chi connectivity index (χ3v) is 2.43. The molecule has 0 fully saturated rings. The minimum absolute atomic E-state index is 0.255. The van der Waals surface area contributed by atoms with Crippen molar-refractivity contribution in [2.45, 2.75) is 13.0 Å². The summed E-state index contributed by atoms with van der Waals surface area (Å²) in [6.07, 6.45) is 0. The lowest BCUT2D eigenvalue weighted by molar-refractivity contribution is -0.148. The van der Waals surface area contributed by atoms with E-state index in [1.165, 1.54) is 0 Å². The Morgan fingerprint density at radius 2 is 2.19 bits per heavy atom. The topological polar surface area (TPSA) is 29.5 Å². The Hall–Kier alpha value is -1.06. The van der Waals surface area contributed by atoms with Gasteiger partial charge in [-0.25, -0.2) is 4.79 Å². The van der Waals surface area contributed by atoms with E-state index in [1.807, 2.05) is 31.1 Å². The average molecular weight is 242 g/mol. The van der Waals surface area contributed by atoms with Crippen LogP contribution in [0.2, 0.25) is 5.02 Å². The fourth-order valence-electron chi connectivity index (χ4n) is 1.54. The van der Waals surface area contributed by atoms with Gasteiger partial charge in [0.15, 0.2) is 0 Å². The zero-order valence-electron chi connectivity index (χ0n) is 9.74. The number of esters is 1. The Bertz CT molecular complexity index is 366. The van der Waals surface area contributed by atoms with Crippen molar-refractivity contribution in [3.8, 4) is 0 Å². The molecule has 1 unspecified atom stereocenters. The second-order valence-corrected chi connectivity index (χ2v) is 4.11. The van der Waals surface area contributed by atoms with E-state index in [4.69, 9.17) is 16.3 Å². The smallest absolute Gasteiger partial charge is 0.327 e. The molecule has 0 amide bonds. The highest BCUT2D eigenvalue weighted by molar-refractivity contribution is 6.30. The first-order valence-electron chi connectivity index (χ1n) is 5.14. The van der Waals surface area contributed by atoms with Crippen LogP contribution in [0.1, 0.15) is 18.5 Å². The summed E-state index contributed by atoms with van der Waals surface area (Å²) in [6, 6.07) is 6.85. The number of carbonyl (C=O) groups excluding carboxylic acids is 1. The van der Waals surface area contributed by atoms with Gasteiger partial charge in [-0.3, -0.25) is 4.90 Å². The van der Waals surface area contributed by atoms with Gasteiger partial charge in [0, 0.05) is 5.02 Å². The number of ether oxygens (including phenoxy) is 1. The molecule has 16 heavy (non-hydrogen) atoms. The van der Waals surface area contributed by atoms with Gasteiger partial charge in [-0.1, -0.05) is 23.7 Å². The van der Waals surface area contributed by atoms with E-state index in [1.54, 1.807) is 19.1 Å². The fourth-order valence-corrected chi connectivity index (χ4v) is 1.74. The van der Waals surface area contributed by atoms with Crippen LogP contribution < -0.4 is 0 Å². The van der Waals surface area contributed by atoms with Crippen LogP contribution in [0, 0.1) is 0 Å². The molecule has 0 saturated carbocycles. The van der Waals surface area contributed by atoms with E-state index < -0.39 is 6.04 Å². The molecule has 0 bridgehead atoms. The first kappa shape index (κ1) is 13.0. The van der Waals surface area contributed by atoms with Gasteiger partial charge >= 0.3 is 5.97 Å². The molecular weight excluding hydrogens is 226 g/mol. The largest absolute Gasteiger partial charge is 0.465 e. The highest BCUT2D eigenvalue weighted by Gasteiger charge is 2.24. The maximum absolute atomic E-state index is 11.8. The summed E-state index contributed by atoms with van der Waals surface area (Å²) in [6.45, 7) is 2.17. The lowest BCUT2D eigenvalue weighted by atomic mass is 10.1. The van der Waals surface area contributed by atoms with Crippen LogP contribution in [-0.2, 0) is 9.53 Å². The molecule has 88 valence electrons. The van der Waals surface area contributed by atoms with Crippen LogP contribution >= 0.6 is 11.6 Å². The van der Waals surface area contributed by atoms with Crippen molar-refractivity contribution in [2.24, 2.45) is 0 Å². The summed E-state index contributed by atoms with van der Waals surface area (Å²) in [5.74, 6) is -0.255. The SMILES string of the molecule is CCOC(=O)C(c1cccc(Cl)c1)N(C)C. The van der Waals surface area contributed by atoms with Crippen LogP contribution in [0.15, 0.2) is 24.3 Å². The zero-order valence-corrected chi connectivity index (χ0v) is 10.5.